The molecule has 0 spiro atoms. The minimum atomic E-state index is -1.58. The highest BCUT2D eigenvalue weighted by Crippen LogP contribution is 2.27. The summed E-state index contributed by atoms with van der Waals surface area (Å²) in [5, 5.41) is 19.8. The second kappa shape index (κ2) is 9.17. The Morgan fingerprint density at radius 3 is 2.91 bits per heavy atom. The van der Waals surface area contributed by atoms with Crippen molar-refractivity contribution < 1.29 is 19.1 Å². The molecule has 2 unspecified atom stereocenters. The van der Waals surface area contributed by atoms with Crippen LogP contribution in [0.2, 0.25) is 0 Å². The first-order chi connectivity index (χ1) is 16.8. The van der Waals surface area contributed by atoms with Crippen molar-refractivity contribution in [2.24, 2.45) is 7.05 Å². The van der Waals surface area contributed by atoms with Crippen LogP contribution in [0.5, 0.6) is 0 Å². The third kappa shape index (κ3) is 4.65. The van der Waals surface area contributed by atoms with Crippen LogP contribution in [0.15, 0.2) is 42.9 Å². The Bertz CT molecular complexity index is 1400. The number of aryl methyl sites for hydroxylation is 2. The van der Waals surface area contributed by atoms with Gasteiger partial charge in [-0.25, -0.2) is 14.1 Å². The summed E-state index contributed by atoms with van der Waals surface area (Å²) in [6.07, 6.45) is 3.09. The predicted octanol–water partition coefficient (Wildman–Crippen LogP) is 2.85. The molecular weight excluding hydrogens is 453 g/mol. The topological polar surface area (TPSA) is 110 Å². The van der Waals surface area contributed by atoms with E-state index in [0.717, 1.165) is 16.8 Å². The molecule has 1 aliphatic heterocycles. The molecule has 1 saturated heterocycles. The highest BCUT2D eigenvalue weighted by atomic mass is 19.1. The summed E-state index contributed by atoms with van der Waals surface area (Å²) < 4.78 is 17.2. The van der Waals surface area contributed by atoms with E-state index in [0.29, 0.717) is 48.1 Å². The van der Waals surface area contributed by atoms with E-state index in [9.17, 15) is 14.3 Å². The van der Waals surface area contributed by atoms with Crippen LogP contribution in [0.1, 0.15) is 28.5 Å². The molecule has 2 atom stereocenters. The van der Waals surface area contributed by atoms with Gasteiger partial charge in [0.15, 0.2) is 17.8 Å². The summed E-state index contributed by atoms with van der Waals surface area (Å²) in [7, 11) is 1.82. The molecule has 0 saturated carbocycles. The largest absolute Gasteiger partial charge is 0.389 e. The first-order valence-electron chi connectivity index (χ1n) is 11.3. The molecular formula is C24H26FN7O3. The fraction of sp³-hybridized carbons (Fsp3) is 0.333. The molecule has 4 heterocycles. The molecule has 0 bridgehead atoms. The third-order valence-electron chi connectivity index (χ3n) is 5.96. The van der Waals surface area contributed by atoms with Crippen molar-refractivity contribution in [2.75, 3.05) is 18.5 Å². The maximum absolute atomic E-state index is 13.7. The third-order valence-corrected chi connectivity index (χ3v) is 5.96. The highest BCUT2D eigenvalue weighted by molar-refractivity contribution is 6.10. The number of carbonyl (C=O) groups is 1. The van der Waals surface area contributed by atoms with Crippen LogP contribution in [0.3, 0.4) is 0 Å². The molecule has 3 aromatic heterocycles. The number of rotatable bonds is 7. The van der Waals surface area contributed by atoms with E-state index in [1.54, 1.807) is 38.8 Å². The van der Waals surface area contributed by atoms with Gasteiger partial charge in [-0.05, 0) is 32.0 Å². The maximum Gasteiger partial charge on any atom is 0.229 e. The van der Waals surface area contributed by atoms with Gasteiger partial charge in [0.2, 0.25) is 5.95 Å². The van der Waals surface area contributed by atoms with Gasteiger partial charge >= 0.3 is 0 Å². The van der Waals surface area contributed by atoms with Crippen molar-refractivity contribution in [1.29, 1.82) is 0 Å². The normalized spacial score (nSPS) is 17.2. The highest BCUT2D eigenvalue weighted by Gasteiger charge is 2.23. The molecule has 0 amide bonds. The van der Waals surface area contributed by atoms with Crippen LogP contribution in [-0.4, -0.2) is 65.7 Å². The number of alkyl halides is 1. The average molecular weight is 480 g/mol. The average Bonchev–Trinajstić information content (AvgIpc) is 3.51. The molecule has 5 rings (SSSR count). The van der Waals surface area contributed by atoms with Crippen molar-refractivity contribution in [3.8, 4) is 5.82 Å². The lowest BCUT2D eigenvalue weighted by Crippen LogP contribution is -2.20. The molecule has 1 fully saturated rings. The minimum absolute atomic E-state index is 0.297. The van der Waals surface area contributed by atoms with Gasteiger partial charge in [-0.2, -0.15) is 15.1 Å². The van der Waals surface area contributed by atoms with E-state index in [-0.39, 0.29) is 0 Å². The number of aliphatic hydroxyl groups excluding tert-OH is 1. The number of β-amino-alcohol motifs (C(OH)–C–C–N with tert-alkyl or cyclic N) is 1. The lowest BCUT2D eigenvalue weighted by molar-refractivity contribution is -0.118. The van der Waals surface area contributed by atoms with E-state index < -0.39 is 18.1 Å². The van der Waals surface area contributed by atoms with Gasteiger partial charge in [0.05, 0.1) is 31.5 Å². The number of anilines is 2. The van der Waals surface area contributed by atoms with Gasteiger partial charge in [-0.15, -0.1) is 0 Å². The van der Waals surface area contributed by atoms with E-state index in [4.69, 9.17) is 4.84 Å². The fourth-order valence-electron chi connectivity index (χ4n) is 4.15. The van der Waals surface area contributed by atoms with Crippen molar-refractivity contribution in [1.82, 2.24) is 29.4 Å². The Hall–Kier alpha value is -3.67. The van der Waals surface area contributed by atoms with Gasteiger partial charge in [0.1, 0.15) is 0 Å². The van der Waals surface area contributed by atoms with Crippen molar-refractivity contribution in [2.45, 2.75) is 32.7 Å². The Labute approximate surface area is 200 Å². The molecule has 0 radical (unpaired) electrons. The number of ketones is 1. The molecule has 10 nitrogen and oxygen atoms in total. The Morgan fingerprint density at radius 1 is 1.34 bits per heavy atom. The lowest BCUT2D eigenvalue weighted by atomic mass is 10.1. The second-order valence-electron chi connectivity index (χ2n) is 8.69. The molecule has 2 N–H and O–H groups in total. The summed E-state index contributed by atoms with van der Waals surface area (Å²) >= 11 is 0. The van der Waals surface area contributed by atoms with Crippen LogP contribution >= 0.6 is 0 Å². The Morgan fingerprint density at radius 2 is 2.17 bits per heavy atom. The van der Waals surface area contributed by atoms with E-state index >= 15 is 0 Å². The Kier molecular flexibility index (Phi) is 6.05. The molecule has 0 aliphatic carbocycles. The molecule has 1 aliphatic rings. The quantitative estimate of drug-likeness (QED) is 0.390. The van der Waals surface area contributed by atoms with E-state index in [1.165, 1.54) is 6.92 Å². The standard InChI is InChI=1S/C24H26FN7O3/c1-14(25)23(34)20-12-30(3)21-5-4-17(8-19(20)21)27-24-26-7-6-22(28-24)32-10-16(15(2)29-32)9-31-11-18(33)13-35-31/h4-8,10,12,14,18,33H,9,11,13H2,1-3H3,(H,26,27,28). The molecule has 182 valence electrons. The first kappa shape index (κ1) is 23.1. The number of halogens is 1. The summed E-state index contributed by atoms with van der Waals surface area (Å²) in [6, 6.07) is 7.26. The van der Waals surface area contributed by atoms with Crippen molar-refractivity contribution in [3.05, 3.63) is 59.7 Å². The molecule has 1 aromatic carbocycles. The van der Waals surface area contributed by atoms with Crippen LogP contribution < -0.4 is 5.32 Å². The fourth-order valence-corrected chi connectivity index (χ4v) is 4.15. The number of hydroxylamine groups is 2. The van der Waals surface area contributed by atoms with Crippen LogP contribution in [0.4, 0.5) is 16.0 Å². The molecule has 4 aromatic rings. The summed E-state index contributed by atoms with van der Waals surface area (Å²) in [5.74, 6) is 0.372. The van der Waals surface area contributed by atoms with Gasteiger partial charge in [0, 0.05) is 59.4 Å². The number of fused-ring (bicyclic) bond motifs is 1. The number of carbonyl (C=O) groups excluding carboxylic acids is 1. The maximum atomic E-state index is 13.7. The lowest BCUT2D eigenvalue weighted by Gasteiger charge is -2.12. The van der Waals surface area contributed by atoms with Crippen molar-refractivity contribution in [3.63, 3.8) is 0 Å². The van der Waals surface area contributed by atoms with Crippen molar-refractivity contribution >= 4 is 28.3 Å². The number of aromatic nitrogens is 5. The number of nitrogens with one attached hydrogen (secondary N) is 1. The zero-order chi connectivity index (χ0) is 24.7. The van der Waals surface area contributed by atoms with Gasteiger partial charge in [-0.3, -0.25) is 9.63 Å². The minimum Gasteiger partial charge on any atom is -0.389 e. The SMILES string of the molecule is Cc1nn(-c2ccnc(Nc3ccc4c(c3)c(C(=O)C(C)F)cn4C)n2)cc1CN1CC(O)CO1. The number of Topliss-reactive ketones (excluding diaryl/α,β-unsaturated/α-hetero) is 1. The number of nitrogens with zero attached hydrogens (tertiary/aromatic N) is 6. The van der Waals surface area contributed by atoms with Gasteiger partial charge < -0.3 is 15.0 Å². The predicted molar refractivity (Wildman–Crippen MR) is 127 cm³/mol. The van der Waals surface area contributed by atoms with Gasteiger partial charge in [0.25, 0.3) is 0 Å². The summed E-state index contributed by atoms with van der Waals surface area (Å²) in [5.41, 5.74) is 3.62. The zero-order valence-corrected chi connectivity index (χ0v) is 19.6. The van der Waals surface area contributed by atoms with Crippen LogP contribution in [0, 0.1) is 6.92 Å². The molecule has 11 heteroatoms. The number of benzene rings is 1. The zero-order valence-electron chi connectivity index (χ0n) is 19.6. The number of aliphatic hydroxyl groups is 1. The summed E-state index contributed by atoms with van der Waals surface area (Å²) in [6.45, 7) is 4.41. The smallest absolute Gasteiger partial charge is 0.229 e. The monoisotopic (exact) mass is 479 g/mol. The number of hydrogen-bond donors (Lipinski definition) is 2. The summed E-state index contributed by atoms with van der Waals surface area (Å²) in [4.78, 5) is 26.7. The Balaban J connectivity index is 1.38. The first-order valence-corrected chi connectivity index (χ1v) is 11.3. The number of hydrogen-bond acceptors (Lipinski definition) is 8. The van der Waals surface area contributed by atoms with E-state index in [1.807, 2.05) is 32.3 Å². The molecule has 35 heavy (non-hydrogen) atoms. The van der Waals surface area contributed by atoms with E-state index in [2.05, 4.69) is 20.4 Å². The van der Waals surface area contributed by atoms with Gasteiger partial charge in [-0.1, -0.05) is 0 Å². The van der Waals surface area contributed by atoms with Crippen LogP contribution in [0.25, 0.3) is 16.7 Å². The van der Waals surface area contributed by atoms with Crippen LogP contribution in [-0.2, 0) is 18.4 Å². The second-order valence-corrected chi connectivity index (χ2v) is 8.69.